The van der Waals surface area contributed by atoms with E-state index in [2.05, 4.69) is 15.1 Å². The predicted molar refractivity (Wildman–Crippen MR) is 94.3 cm³/mol. The fraction of sp³-hybridized carbons (Fsp3) is 0.467. The molecule has 2 heterocycles. The monoisotopic (exact) mass is 320 g/mol. The number of anilines is 1. The molecule has 2 aliphatic heterocycles. The summed E-state index contributed by atoms with van der Waals surface area (Å²) in [4.78, 5) is 6.73. The third-order valence-electron chi connectivity index (χ3n) is 3.93. The van der Waals surface area contributed by atoms with Gasteiger partial charge >= 0.3 is 0 Å². The number of hydrogen-bond donors (Lipinski definition) is 1. The molecule has 0 amide bonds. The summed E-state index contributed by atoms with van der Waals surface area (Å²) in [6.45, 7) is 5.12. The lowest BCUT2D eigenvalue weighted by atomic mass is 10.3. The summed E-state index contributed by atoms with van der Waals surface area (Å²) < 4.78 is 0. The van der Waals surface area contributed by atoms with Gasteiger partial charge in [0, 0.05) is 18.8 Å². The minimum atomic E-state index is 0.690. The standard InChI is InChI=1S/C15H20N4S2/c20-14(16-13-6-2-1-3-7-13)19-11-10-18(15(19)21)12-17-8-4-5-9-17/h1-3,6-7H,4-5,8-12H2,(H,16,20). The van der Waals surface area contributed by atoms with Crippen molar-refractivity contribution in [3.05, 3.63) is 30.3 Å². The molecule has 0 unspecified atom stereocenters. The van der Waals surface area contributed by atoms with Crippen molar-refractivity contribution in [3.63, 3.8) is 0 Å². The van der Waals surface area contributed by atoms with E-state index in [0.717, 1.165) is 30.6 Å². The second kappa shape index (κ2) is 6.68. The van der Waals surface area contributed by atoms with Crippen LogP contribution in [0.2, 0.25) is 0 Å². The first-order valence-electron chi connectivity index (χ1n) is 7.39. The average Bonchev–Trinajstić information content (AvgIpc) is 3.12. The Hall–Kier alpha value is -1.24. The second-order valence-electron chi connectivity index (χ2n) is 5.46. The van der Waals surface area contributed by atoms with Crippen LogP contribution in [-0.2, 0) is 0 Å². The summed E-state index contributed by atoms with van der Waals surface area (Å²) in [6, 6.07) is 9.99. The van der Waals surface area contributed by atoms with Crippen LogP contribution in [0.5, 0.6) is 0 Å². The molecule has 1 aromatic carbocycles. The maximum absolute atomic E-state index is 5.59. The van der Waals surface area contributed by atoms with Crippen molar-refractivity contribution in [1.82, 2.24) is 14.7 Å². The van der Waals surface area contributed by atoms with E-state index < -0.39 is 0 Å². The molecule has 0 aliphatic carbocycles. The summed E-state index contributed by atoms with van der Waals surface area (Å²) in [5.74, 6) is 0. The van der Waals surface area contributed by atoms with E-state index in [9.17, 15) is 0 Å². The van der Waals surface area contributed by atoms with E-state index in [1.807, 2.05) is 35.2 Å². The molecule has 4 nitrogen and oxygen atoms in total. The largest absolute Gasteiger partial charge is 0.334 e. The van der Waals surface area contributed by atoms with Crippen molar-refractivity contribution in [2.75, 3.05) is 38.2 Å². The summed E-state index contributed by atoms with van der Waals surface area (Å²) in [5.41, 5.74) is 1.00. The van der Waals surface area contributed by atoms with Gasteiger partial charge in [0.05, 0.1) is 6.67 Å². The third kappa shape index (κ3) is 3.51. The number of para-hydroxylation sites is 1. The zero-order chi connectivity index (χ0) is 14.7. The normalized spacial score (nSPS) is 19.3. The predicted octanol–water partition coefficient (Wildman–Crippen LogP) is 2.34. The van der Waals surface area contributed by atoms with E-state index in [1.54, 1.807) is 0 Å². The van der Waals surface area contributed by atoms with Gasteiger partial charge in [0.15, 0.2) is 10.2 Å². The van der Waals surface area contributed by atoms with Crippen molar-refractivity contribution in [1.29, 1.82) is 0 Å². The fourth-order valence-electron chi connectivity index (χ4n) is 2.78. The summed E-state index contributed by atoms with van der Waals surface area (Å²) in [7, 11) is 0. The second-order valence-corrected chi connectivity index (χ2v) is 6.21. The number of hydrogen-bond acceptors (Lipinski definition) is 3. The Balaban J connectivity index is 1.56. The van der Waals surface area contributed by atoms with Crippen LogP contribution in [0.4, 0.5) is 5.69 Å². The molecule has 1 N–H and O–H groups in total. The Bertz CT molecular complexity index is 514. The molecule has 0 bridgehead atoms. The van der Waals surface area contributed by atoms with E-state index >= 15 is 0 Å². The molecule has 1 aromatic rings. The molecule has 0 atom stereocenters. The summed E-state index contributed by atoms with van der Waals surface area (Å²) in [5, 5.41) is 4.79. The first-order valence-corrected chi connectivity index (χ1v) is 8.20. The third-order valence-corrected chi connectivity index (χ3v) is 4.74. The number of thiocarbonyl (C=S) groups is 2. The maximum atomic E-state index is 5.59. The lowest BCUT2D eigenvalue weighted by molar-refractivity contribution is 0.236. The van der Waals surface area contributed by atoms with Crippen LogP contribution >= 0.6 is 24.4 Å². The highest BCUT2D eigenvalue weighted by Gasteiger charge is 2.29. The van der Waals surface area contributed by atoms with Gasteiger partial charge in [-0.05, 0) is 62.5 Å². The van der Waals surface area contributed by atoms with Crippen molar-refractivity contribution >= 4 is 40.3 Å². The fourth-order valence-corrected chi connectivity index (χ4v) is 3.47. The van der Waals surface area contributed by atoms with Crippen molar-refractivity contribution in [2.45, 2.75) is 12.8 Å². The first-order chi connectivity index (χ1) is 10.2. The topological polar surface area (TPSA) is 21.8 Å². The molecule has 0 aromatic heterocycles. The van der Waals surface area contributed by atoms with Crippen molar-refractivity contribution in [3.8, 4) is 0 Å². The van der Waals surface area contributed by atoms with Gasteiger partial charge in [0.2, 0.25) is 0 Å². The molecule has 3 rings (SSSR count). The molecule has 0 spiro atoms. The van der Waals surface area contributed by atoms with Crippen LogP contribution in [0.3, 0.4) is 0 Å². The number of benzene rings is 1. The first kappa shape index (κ1) is 14.7. The van der Waals surface area contributed by atoms with E-state index in [1.165, 1.54) is 25.9 Å². The van der Waals surface area contributed by atoms with Crippen molar-refractivity contribution in [2.24, 2.45) is 0 Å². The molecule has 2 saturated heterocycles. The summed E-state index contributed by atoms with van der Waals surface area (Å²) in [6.07, 6.45) is 2.61. The van der Waals surface area contributed by atoms with Gasteiger partial charge in [-0.15, -0.1) is 0 Å². The van der Waals surface area contributed by atoms with Gasteiger partial charge in [0.25, 0.3) is 0 Å². The molecular weight excluding hydrogens is 300 g/mol. The van der Waals surface area contributed by atoms with Gasteiger partial charge in [0.1, 0.15) is 0 Å². The molecule has 21 heavy (non-hydrogen) atoms. The van der Waals surface area contributed by atoms with Crippen LogP contribution in [0.15, 0.2) is 30.3 Å². The Morgan fingerprint density at radius 2 is 1.76 bits per heavy atom. The number of likely N-dealkylation sites (tertiary alicyclic amines) is 1. The Labute approximate surface area is 136 Å². The maximum Gasteiger partial charge on any atom is 0.179 e. The van der Waals surface area contributed by atoms with Gasteiger partial charge in [-0.1, -0.05) is 18.2 Å². The van der Waals surface area contributed by atoms with E-state index in [4.69, 9.17) is 24.4 Å². The zero-order valence-corrected chi connectivity index (χ0v) is 13.6. The molecule has 2 fully saturated rings. The highest BCUT2D eigenvalue weighted by Crippen LogP contribution is 2.15. The highest BCUT2D eigenvalue weighted by molar-refractivity contribution is 7.82. The minimum Gasteiger partial charge on any atom is -0.334 e. The zero-order valence-electron chi connectivity index (χ0n) is 12.0. The van der Waals surface area contributed by atoms with Gasteiger partial charge in [-0.25, -0.2) is 0 Å². The number of rotatable bonds is 3. The van der Waals surface area contributed by atoms with Gasteiger partial charge in [-0.3, -0.25) is 9.80 Å². The molecule has 0 radical (unpaired) electrons. The van der Waals surface area contributed by atoms with Crippen LogP contribution in [0.25, 0.3) is 0 Å². The average molecular weight is 320 g/mol. The molecule has 2 aliphatic rings. The Morgan fingerprint density at radius 3 is 2.48 bits per heavy atom. The lowest BCUT2D eigenvalue weighted by Crippen LogP contribution is -2.42. The number of nitrogens with one attached hydrogen (secondary N) is 1. The Kier molecular flexibility index (Phi) is 4.67. The molecule has 6 heteroatoms. The number of nitrogens with zero attached hydrogens (tertiary/aromatic N) is 3. The Morgan fingerprint density at radius 1 is 1.05 bits per heavy atom. The minimum absolute atomic E-state index is 0.690. The summed E-state index contributed by atoms with van der Waals surface area (Å²) >= 11 is 11.1. The SMILES string of the molecule is S=C(Nc1ccccc1)N1CCN(CN2CCCC2)C1=S. The molecule has 112 valence electrons. The van der Waals surface area contributed by atoms with Crippen LogP contribution < -0.4 is 5.32 Å². The van der Waals surface area contributed by atoms with Crippen molar-refractivity contribution < 1.29 is 0 Å². The van der Waals surface area contributed by atoms with Gasteiger partial charge < -0.3 is 10.2 Å². The molecule has 0 saturated carbocycles. The van der Waals surface area contributed by atoms with Gasteiger partial charge in [-0.2, -0.15) is 0 Å². The molecular formula is C15H20N4S2. The quantitative estimate of drug-likeness (QED) is 0.857. The smallest absolute Gasteiger partial charge is 0.179 e. The van der Waals surface area contributed by atoms with Crippen LogP contribution in [-0.4, -0.2) is 57.8 Å². The van der Waals surface area contributed by atoms with E-state index in [-0.39, 0.29) is 0 Å². The lowest BCUT2D eigenvalue weighted by Gasteiger charge is -2.26. The van der Waals surface area contributed by atoms with E-state index in [0.29, 0.717) is 5.11 Å². The van der Waals surface area contributed by atoms with Crippen LogP contribution in [0.1, 0.15) is 12.8 Å². The highest BCUT2D eigenvalue weighted by atomic mass is 32.1. The van der Waals surface area contributed by atoms with Crippen LogP contribution in [0, 0.1) is 0 Å².